The number of nitriles is 1. The average Bonchev–Trinajstić information content (AvgIpc) is 1.82. The molecule has 2 nitrogen and oxygen atoms in total. The van der Waals surface area contributed by atoms with Gasteiger partial charge in [0.1, 0.15) is 0 Å². The van der Waals surface area contributed by atoms with Crippen LogP contribution in [0.1, 0.15) is 13.3 Å². The minimum atomic E-state index is 0.601. The van der Waals surface area contributed by atoms with Crippen molar-refractivity contribution in [3.8, 4) is 6.07 Å². The summed E-state index contributed by atoms with van der Waals surface area (Å²) in [6.45, 7) is 7.49. The highest BCUT2D eigenvalue weighted by Gasteiger charge is 1.95. The maximum atomic E-state index is 8.25. The Morgan fingerprint density at radius 1 is 1.70 bits per heavy atom. The van der Waals surface area contributed by atoms with Gasteiger partial charge in [-0.15, -0.1) is 0 Å². The van der Waals surface area contributed by atoms with Crippen LogP contribution in [0.25, 0.3) is 0 Å². The van der Waals surface area contributed by atoms with Crippen LogP contribution in [-0.2, 0) is 0 Å². The zero-order valence-electron chi connectivity index (χ0n) is 6.72. The Balaban J connectivity index is 3.36. The quantitative estimate of drug-likeness (QED) is 0.549. The van der Waals surface area contributed by atoms with Gasteiger partial charge in [-0.1, -0.05) is 12.2 Å². The van der Waals surface area contributed by atoms with Gasteiger partial charge in [0.2, 0.25) is 0 Å². The molecular weight excluding hydrogens is 124 g/mol. The van der Waals surface area contributed by atoms with Gasteiger partial charge in [-0.25, -0.2) is 0 Å². The van der Waals surface area contributed by atoms with E-state index in [-0.39, 0.29) is 0 Å². The Morgan fingerprint density at radius 2 is 2.30 bits per heavy atom. The van der Waals surface area contributed by atoms with Crippen molar-refractivity contribution in [1.82, 2.24) is 4.90 Å². The normalized spacial score (nSPS) is 9.40. The molecule has 10 heavy (non-hydrogen) atoms. The van der Waals surface area contributed by atoms with Crippen molar-refractivity contribution >= 4 is 0 Å². The predicted molar refractivity (Wildman–Crippen MR) is 42.5 cm³/mol. The van der Waals surface area contributed by atoms with E-state index in [2.05, 4.69) is 17.5 Å². The minimum absolute atomic E-state index is 0.601. The summed E-state index contributed by atoms with van der Waals surface area (Å²) in [5.74, 6) is 0. The summed E-state index contributed by atoms with van der Waals surface area (Å²) in [6, 6.07) is 2.10. The molecule has 0 saturated heterocycles. The van der Waals surface area contributed by atoms with E-state index in [9.17, 15) is 0 Å². The first-order valence-electron chi connectivity index (χ1n) is 3.36. The molecule has 56 valence electrons. The van der Waals surface area contributed by atoms with Gasteiger partial charge in [0.15, 0.2) is 0 Å². The van der Waals surface area contributed by atoms with Gasteiger partial charge < -0.3 is 4.90 Å². The predicted octanol–water partition coefficient (Wildman–Crippen LogP) is 1.41. The van der Waals surface area contributed by atoms with E-state index in [1.165, 1.54) is 0 Å². The summed E-state index contributed by atoms with van der Waals surface area (Å²) in [7, 11) is 1.99. The molecule has 0 radical (unpaired) electrons. The summed E-state index contributed by atoms with van der Waals surface area (Å²) in [6.07, 6.45) is 0.601. The molecule has 0 aliphatic carbocycles. The molecule has 0 amide bonds. The summed E-state index contributed by atoms with van der Waals surface area (Å²) < 4.78 is 0. The Kier molecular flexibility index (Phi) is 4.61. The summed E-state index contributed by atoms with van der Waals surface area (Å²) >= 11 is 0. The van der Waals surface area contributed by atoms with Crippen LogP contribution in [0, 0.1) is 11.3 Å². The van der Waals surface area contributed by atoms with Crippen LogP contribution < -0.4 is 0 Å². The number of likely N-dealkylation sites (N-methyl/N-ethyl adjacent to an activating group) is 1. The number of rotatable bonds is 4. The van der Waals surface area contributed by atoms with Crippen molar-refractivity contribution in [2.75, 3.05) is 20.1 Å². The molecule has 0 N–H and O–H groups in total. The lowest BCUT2D eigenvalue weighted by molar-refractivity contribution is 0.371. The lowest BCUT2D eigenvalue weighted by Crippen LogP contribution is -2.20. The molecule has 0 atom stereocenters. The third-order valence-corrected chi connectivity index (χ3v) is 1.15. The van der Waals surface area contributed by atoms with E-state index in [0.717, 1.165) is 18.7 Å². The van der Waals surface area contributed by atoms with Crippen LogP contribution in [0.5, 0.6) is 0 Å². The number of hydrogen-bond donors (Lipinski definition) is 0. The van der Waals surface area contributed by atoms with Crippen molar-refractivity contribution < 1.29 is 0 Å². The van der Waals surface area contributed by atoms with E-state index in [0.29, 0.717) is 6.42 Å². The minimum Gasteiger partial charge on any atom is -0.301 e. The average molecular weight is 138 g/mol. The van der Waals surface area contributed by atoms with Gasteiger partial charge in [0.25, 0.3) is 0 Å². The Morgan fingerprint density at radius 3 is 2.70 bits per heavy atom. The highest BCUT2D eigenvalue weighted by atomic mass is 15.1. The van der Waals surface area contributed by atoms with Crippen molar-refractivity contribution in [1.29, 1.82) is 5.26 Å². The van der Waals surface area contributed by atoms with Crippen LogP contribution in [0.15, 0.2) is 12.2 Å². The molecule has 0 aromatic carbocycles. The van der Waals surface area contributed by atoms with Gasteiger partial charge in [0.05, 0.1) is 6.07 Å². The van der Waals surface area contributed by atoms with Crippen LogP contribution >= 0.6 is 0 Å². The molecular formula is C8H14N2. The molecule has 0 fully saturated rings. The van der Waals surface area contributed by atoms with Gasteiger partial charge in [0, 0.05) is 19.5 Å². The highest BCUT2D eigenvalue weighted by molar-refractivity contribution is 4.91. The van der Waals surface area contributed by atoms with Crippen molar-refractivity contribution in [2.45, 2.75) is 13.3 Å². The third-order valence-electron chi connectivity index (χ3n) is 1.15. The molecule has 0 spiro atoms. The van der Waals surface area contributed by atoms with Crippen LogP contribution in [0.3, 0.4) is 0 Å². The fraction of sp³-hybridized carbons (Fsp3) is 0.625. The Hall–Kier alpha value is -0.810. The van der Waals surface area contributed by atoms with Crippen molar-refractivity contribution in [3.63, 3.8) is 0 Å². The van der Waals surface area contributed by atoms with Gasteiger partial charge in [-0.05, 0) is 14.0 Å². The molecule has 0 rings (SSSR count). The van der Waals surface area contributed by atoms with E-state index in [4.69, 9.17) is 5.26 Å². The lowest BCUT2D eigenvalue weighted by atomic mass is 10.3. The monoisotopic (exact) mass is 138 g/mol. The standard InChI is InChI=1S/C8H14N2/c1-8(2)7-10(3)6-4-5-9/h1,4,6-7H2,2-3H3. The SMILES string of the molecule is C=C(C)CN(C)CCC#N. The van der Waals surface area contributed by atoms with Crippen molar-refractivity contribution in [3.05, 3.63) is 12.2 Å². The fourth-order valence-electron chi connectivity index (χ4n) is 0.781. The molecule has 2 heteroatoms. The molecule has 0 heterocycles. The van der Waals surface area contributed by atoms with E-state index < -0.39 is 0 Å². The first-order chi connectivity index (χ1) is 4.66. The first-order valence-corrected chi connectivity index (χ1v) is 3.36. The molecule has 0 bridgehead atoms. The second kappa shape index (κ2) is 5.01. The summed E-state index contributed by atoms with van der Waals surface area (Å²) in [5.41, 5.74) is 1.14. The van der Waals surface area contributed by atoms with Crippen molar-refractivity contribution in [2.24, 2.45) is 0 Å². The highest BCUT2D eigenvalue weighted by Crippen LogP contribution is 1.92. The largest absolute Gasteiger partial charge is 0.301 e. The molecule has 0 aromatic rings. The van der Waals surface area contributed by atoms with Gasteiger partial charge >= 0.3 is 0 Å². The molecule has 0 saturated carbocycles. The Bertz CT molecular complexity index is 144. The fourth-order valence-corrected chi connectivity index (χ4v) is 0.781. The third kappa shape index (κ3) is 5.33. The number of nitrogens with zero attached hydrogens (tertiary/aromatic N) is 2. The molecule has 0 aliphatic heterocycles. The molecule has 0 aliphatic rings. The van der Waals surface area contributed by atoms with E-state index in [1.807, 2.05) is 14.0 Å². The van der Waals surface area contributed by atoms with Crippen LogP contribution in [-0.4, -0.2) is 25.0 Å². The first kappa shape index (κ1) is 9.19. The second-order valence-corrected chi connectivity index (χ2v) is 2.60. The van der Waals surface area contributed by atoms with Gasteiger partial charge in [-0.2, -0.15) is 5.26 Å². The maximum Gasteiger partial charge on any atom is 0.0635 e. The zero-order chi connectivity index (χ0) is 7.98. The zero-order valence-corrected chi connectivity index (χ0v) is 6.72. The molecule has 0 aromatic heterocycles. The van der Waals surface area contributed by atoms with Crippen LogP contribution in [0.2, 0.25) is 0 Å². The maximum absolute atomic E-state index is 8.25. The summed E-state index contributed by atoms with van der Waals surface area (Å²) in [4.78, 5) is 2.09. The summed E-state index contributed by atoms with van der Waals surface area (Å²) in [5, 5.41) is 8.25. The number of hydrogen-bond acceptors (Lipinski definition) is 2. The molecule has 0 unspecified atom stereocenters. The van der Waals surface area contributed by atoms with E-state index in [1.54, 1.807) is 0 Å². The van der Waals surface area contributed by atoms with Crippen LogP contribution in [0.4, 0.5) is 0 Å². The van der Waals surface area contributed by atoms with Gasteiger partial charge in [-0.3, -0.25) is 0 Å². The topological polar surface area (TPSA) is 27.0 Å². The smallest absolute Gasteiger partial charge is 0.0635 e. The second-order valence-electron chi connectivity index (χ2n) is 2.60. The van der Waals surface area contributed by atoms with E-state index >= 15 is 0 Å². The Labute approximate surface area is 62.8 Å². The lowest BCUT2D eigenvalue weighted by Gasteiger charge is -2.13.